The van der Waals surface area contributed by atoms with E-state index in [1.54, 1.807) is 0 Å². The number of unbranched alkanes of at least 4 members (excludes halogenated alkanes) is 1. The largest absolute Gasteiger partial charge is 0.363 e. The molecule has 1 atom stereocenters. The molecule has 2 amide bonds. The van der Waals surface area contributed by atoms with E-state index < -0.39 is 5.91 Å². The quantitative estimate of drug-likeness (QED) is 0.738. The number of amides is 2. The molecule has 4 nitrogen and oxygen atoms in total. The van der Waals surface area contributed by atoms with Gasteiger partial charge in [0.25, 0.3) is 11.8 Å². The molecule has 0 saturated carbocycles. The first-order valence-corrected chi connectivity index (χ1v) is 9.56. The van der Waals surface area contributed by atoms with Crippen molar-refractivity contribution >= 4 is 29.1 Å². The lowest BCUT2D eigenvalue weighted by molar-refractivity contribution is -0.121. The van der Waals surface area contributed by atoms with Crippen molar-refractivity contribution in [3.63, 3.8) is 0 Å². The first-order valence-electron chi connectivity index (χ1n) is 9.18. The van der Waals surface area contributed by atoms with Gasteiger partial charge in [-0.25, -0.2) is 4.90 Å². The Hall–Kier alpha value is -1.81. The normalized spacial score (nSPS) is 21.5. The molecular weight excluding hydrogens is 336 g/mol. The summed E-state index contributed by atoms with van der Waals surface area (Å²) in [6, 6.07) is 7.88. The Morgan fingerprint density at radius 1 is 1.12 bits per heavy atom. The maximum absolute atomic E-state index is 12.9. The molecule has 2 aliphatic heterocycles. The van der Waals surface area contributed by atoms with Gasteiger partial charge in [0.2, 0.25) is 0 Å². The van der Waals surface area contributed by atoms with Crippen molar-refractivity contribution in [2.24, 2.45) is 0 Å². The van der Waals surface area contributed by atoms with Crippen LogP contribution in [0, 0.1) is 0 Å². The third-order valence-electron chi connectivity index (χ3n) is 5.11. The molecule has 3 rings (SSSR count). The molecule has 0 N–H and O–H groups in total. The first-order chi connectivity index (χ1) is 12.0. The van der Waals surface area contributed by atoms with Crippen molar-refractivity contribution in [2.45, 2.75) is 58.4 Å². The van der Waals surface area contributed by atoms with Gasteiger partial charge in [-0.3, -0.25) is 9.59 Å². The number of anilines is 1. The molecule has 0 radical (unpaired) electrons. The van der Waals surface area contributed by atoms with Crippen molar-refractivity contribution in [1.29, 1.82) is 0 Å². The Bertz CT molecular complexity index is 696. The van der Waals surface area contributed by atoms with Crippen LogP contribution in [0.15, 0.2) is 35.0 Å². The number of imide groups is 1. The average Bonchev–Trinajstić information content (AvgIpc) is 2.84. The van der Waals surface area contributed by atoms with E-state index in [2.05, 4.69) is 13.8 Å². The van der Waals surface area contributed by atoms with Gasteiger partial charge >= 0.3 is 0 Å². The summed E-state index contributed by atoms with van der Waals surface area (Å²) >= 11 is 6.29. The highest BCUT2D eigenvalue weighted by Crippen LogP contribution is 2.34. The first kappa shape index (κ1) is 18.0. The van der Waals surface area contributed by atoms with E-state index in [0.717, 1.165) is 45.1 Å². The van der Waals surface area contributed by atoms with Crippen LogP contribution in [0.3, 0.4) is 0 Å². The number of hydrogen-bond donors (Lipinski definition) is 0. The number of carbonyl (C=O) groups is 2. The second-order valence-corrected chi connectivity index (χ2v) is 7.29. The molecule has 1 fully saturated rings. The molecule has 134 valence electrons. The van der Waals surface area contributed by atoms with Gasteiger partial charge in [0.1, 0.15) is 10.7 Å². The standard InChI is InChI=1S/C20H25ClN2O2/c1-3-4-8-15-9-11-16(12-10-15)23-19(24)17(21)18(20(23)25)22-13-6-5-7-14(22)2/h9-12,14H,3-8,13H2,1-2H3. The highest BCUT2D eigenvalue weighted by molar-refractivity contribution is 6.52. The molecule has 1 saturated heterocycles. The van der Waals surface area contributed by atoms with Gasteiger partial charge in [0.15, 0.2) is 0 Å². The van der Waals surface area contributed by atoms with Crippen LogP contribution >= 0.6 is 11.6 Å². The van der Waals surface area contributed by atoms with Crippen LogP contribution in [0.4, 0.5) is 5.69 Å². The maximum Gasteiger partial charge on any atom is 0.283 e. The molecule has 5 heteroatoms. The fraction of sp³-hybridized carbons (Fsp3) is 0.500. The van der Waals surface area contributed by atoms with Gasteiger partial charge in [0.05, 0.1) is 5.69 Å². The van der Waals surface area contributed by atoms with Crippen LogP contribution in [-0.2, 0) is 16.0 Å². The van der Waals surface area contributed by atoms with Crippen LogP contribution in [-0.4, -0.2) is 29.3 Å². The molecule has 0 spiro atoms. The van der Waals surface area contributed by atoms with Crippen LogP contribution in [0.2, 0.25) is 0 Å². The van der Waals surface area contributed by atoms with E-state index in [0.29, 0.717) is 11.4 Å². The zero-order valence-electron chi connectivity index (χ0n) is 14.9. The highest BCUT2D eigenvalue weighted by atomic mass is 35.5. The zero-order valence-corrected chi connectivity index (χ0v) is 15.7. The molecule has 2 heterocycles. The minimum absolute atomic E-state index is 0.0498. The summed E-state index contributed by atoms with van der Waals surface area (Å²) < 4.78 is 0. The Kier molecular flexibility index (Phi) is 5.48. The average molecular weight is 361 g/mol. The summed E-state index contributed by atoms with van der Waals surface area (Å²) in [6.07, 6.45) is 6.46. The summed E-state index contributed by atoms with van der Waals surface area (Å²) in [4.78, 5) is 28.8. The number of piperidine rings is 1. The lowest BCUT2D eigenvalue weighted by Gasteiger charge is -2.35. The molecule has 2 aliphatic rings. The highest BCUT2D eigenvalue weighted by Gasteiger charge is 2.42. The third-order valence-corrected chi connectivity index (χ3v) is 5.45. The second kappa shape index (κ2) is 7.61. The zero-order chi connectivity index (χ0) is 18.0. The molecule has 1 aromatic carbocycles. The Morgan fingerprint density at radius 3 is 2.48 bits per heavy atom. The van der Waals surface area contributed by atoms with Crippen molar-refractivity contribution in [1.82, 2.24) is 4.90 Å². The SMILES string of the molecule is CCCCc1ccc(N2C(=O)C(Cl)=C(N3CCCCC3C)C2=O)cc1. The monoisotopic (exact) mass is 360 g/mol. The van der Waals surface area contributed by atoms with E-state index >= 15 is 0 Å². The number of aryl methyl sites for hydroxylation is 1. The molecule has 1 unspecified atom stereocenters. The molecule has 0 aliphatic carbocycles. The number of rotatable bonds is 5. The minimum Gasteiger partial charge on any atom is -0.363 e. The van der Waals surface area contributed by atoms with Crippen molar-refractivity contribution < 1.29 is 9.59 Å². The second-order valence-electron chi connectivity index (χ2n) is 6.92. The van der Waals surface area contributed by atoms with Crippen LogP contribution in [0.1, 0.15) is 51.5 Å². The smallest absolute Gasteiger partial charge is 0.283 e. The molecular formula is C20H25ClN2O2. The van der Waals surface area contributed by atoms with E-state index in [1.807, 2.05) is 29.2 Å². The van der Waals surface area contributed by atoms with Gasteiger partial charge in [-0.2, -0.15) is 0 Å². The van der Waals surface area contributed by atoms with Crippen LogP contribution < -0.4 is 4.90 Å². The number of carbonyl (C=O) groups excluding carboxylic acids is 2. The van der Waals surface area contributed by atoms with Crippen LogP contribution in [0.5, 0.6) is 0 Å². The summed E-state index contributed by atoms with van der Waals surface area (Å²) in [5, 5.41) is 0.0498. The summed E-state index contributed by atoms with van der Waals surface area (Å²) in [6.45, 7) is 5.02. The fourth-order valence-electron chi connectivity index (χ4n) is 3.60. The Balaban J connectivity index is 1.83. The predicted octanol–water partition coefficient (Wildman–Crippen LogP) is 4.23. The minimum atomic E-state index is -0.416. The van der Waals surface area contributed by atoms with Gasteiger partial charge in [-0.15, -0.1) is 0 Å². The van der Waals surface area contributed by atoms with E-state index in [-0.39, 0.29) is 17.0 Å². The van der Waals surface area contributed by atoms with Gasteiger partial charge < -0.3 is 4.90 Å². The number of likely N-dealkylation sites (tertiary alicyclic amines) is 1. The van der Waals surface area contributed by atoms with E-state index in [1.165, 1.54) is 10.5 Å². The lowest BCUT2D eigenvalue weighted by Crippen LogP contribution is -2.41. The third kappa shape index (κ3) is 3.45. The number of halogens is 1. The molecule has 0 bridgehead atoms. The number of nitrogens with zero attached hydrogens (tertiary/aromatic N) is 2. The summed E-state index contributed by atoms with van der Waals surface area (Å²) in [5.41, 5.74) is 2.18. The van der Waals surface area contributed by atoms with Crippen LogP contribution in [0.25, 0.3) is 0 Å². The molecule has 25 heavy (non-hydrogen) atoms. The van der Waals surface area contributed by atoms with Crippen molar-refractivity contribution in [2.75, 3.05) is 11.4 Å². The Labute approximate surface area is 154 Å². The number of hydrogen-bond acceptors (Lipinski definition) is 3. The van der Waals surface area contributed by atoms with Crippen molar-refractivity contribution in [3.8, 4) is 0 Å². The molecule has 0 aromatic heterocycles. The van der Waals surface area contributed by atoms with E-state index in [9.17, 15) is 9.59 Å². The fourth-order valence-corrected chi connectivity index (χ4v) is 3.87. The van der Waals surface area contributed by atoms with E-state index in [4.69, 9.17) is 11.6 Å². The lowest BCUT2D eigenvalue weighted by atomic mass is 10.0. The van der Waals surface area contributed by atoms with Gasteiger partial charge in [-0.1, -0.05) is 37.1 Å². The Morgan fingerprint density at radius 2 is 1.84 bits per heavy atom. The summed E-state index contributed by atoms with van der Waals surface area (Å²) in [7, 11) is 0. The summed E-state index contributed by atoms with van der Waals surface area (Å²) in [5.74, 6) is -0.717. The maximum atomic E-state index is 12.9. The van der Waals surface area contributed by atoms with Gasteiger partial charge in [-0.05, 0) is 56.7 Å². The van der Waals surface area contributed by atoms with Gasteiger partial charge in [0, 0.05) is 12.6 Å². The molecule has 1 aromatic rings. The topological polar surface area (TPSA) is 40.6 Å². The number of benzene rings is 1. The van der Waals surface area contributed by atoms with Crippen molar-refractivity contribution in [3.05, 3.63) is 40.6 Å². The predicted molar refractivity (Wildman–Crippen MR) is 100 cm³/mol.